The van der Waals surface area contributed by atoms with Crippen molar-refractivity contribution < 1.29 is 9.53 Å². The smallest absolute Gasteiger partial charge is 0.321 e. The third kappa shape index (κ3) is 4.15. The third-order valence-electron chi connectivity index (χ3n) is 4.60. The number of thiophene rings is 1. The first-order chi connectivity index (χ1) is 13.2. The summed E-state index contributed by atoms with van der Waals surface area (Å²) in [6.45, 7) is 1.85. The number of carbonyl (C=O) groups is 1. The van der Waals surface area contributed by atoms with Crippen molar-refractivity contribution in [1.29, 1.82) is 0 Å². The SMILES string of the molecule is NC(=O)c1ccc([C@H]2CCCN2Cc2cccc(Oc3ncccn3)c2)s1. The first-order valence-corrected chi connectivity index (χ1v) is 9.68. The molecule has 1 aliphatic rings. The van der Waals surface area contributed by atoms with Gasteiger partial charge in [-0.05, 0) is 55.3 Å². The van der Waals surface area contributed by atoms with Crippen molar-refractivity contribution in [3.05, 3.63) is 70.2 Å². The van der Waals surface area contributed by atoms with Crippen molar-refractivity contribution in [2.45, 2.75) is 25.4 Å². The molecule has 0 radical (unpaired) electrons. The largest absolute Gasteiger partial charge is 0.424 e. The van der Waals surface area contributed by atoms with Crippen LogP contribution in [-0.2, 0) is 6.54 Å². The second-order valence-corrected chi connectivity index (χ2v) is 7.59. The van der Waals surface area contributed by atoms with E-state index in [-0.39, 0.29) is 5.91 Å². The van der Waals surface area contributed by atoms with Gasteiger partial charge >= 0.3 is 6.01 Å². The molecule has 2 N–H and O–H groups in total. The van der Waals surface area contributed by atoms with E-state index >= 15 is 0 Å². The highest BCUT2D eigenvalue weighted by molar-refractivity contribution is 7.14. The van der Waals surface area contributed by atoms with Crippen LogP contribution in [0.25, 0.3) is 0 Å². The molecule has 138 valence electrons. The number of likely N-dealkylation sites (tertiary alicyclic amines) is 1. The Kier molecular flexibility index (Phi) is 5.13. The Morgan fingerprint density at radius 3 is 2.85 bits per heavy atom. The quantitative estimate of drug-likeness (QED) is 0.704. The lowest BCUT2D eigenvalue weighted by atomic mass is 10.1. The summed E-state index contributed by atoms with van der Waals surface area (Å²) in [5.74, 6) is 0.366. The Morgan fingerprint density at radius 1 is 1.22 bits per heavy atom. The predicted octanol–water partition coefficient (Wildman–Crippen LogP) is 3.77. The number of carbonyl (C=O) groups excluding carboxylic acids is 1. The van der Waals surface area contributed by atoms with Crippen molar-refractivity contribution >= 4 is 17.2 Å². The molecule has 4 rings (SSSR count). The Morgan fingerprint density at radius 2 is 2.07 bits per heavy atom. The molecule has 0 spiro atoms. The summed E-state index contributed by atoms with van der Waals surface area (Å²) in [5, 5.41) is 0. The van der Waals surface area contributed by atoms with Crippen LogP contribution in [0, 0.1) is 0 Å². The van der Waals surface area contributed by atoms with E-state index < -0.39 is 0 Å². The van der Waals surface area contributed by atoms with Gasteiger partial charge in [0.25, 0.3) is 5.91 Å². The van der Waals surface area contributed by atoms with Gasteiger partial charge in [-0.3, -0.25) is 9.69 Å². The Bertz CT molecular complexity index is 928. The van der Waals surface area contributed by atoms with Crippen molar-refractivity contribution in [3.63, 3.8) is 0 Å². The van der Waals surface area contributed by atoms with Gasteiger partial charge in [-0.1, -0.05) is 12.1 Å². The fourth-order valence-corrected chi connectivity index (χ4v) is 4.42. The second kappa shape index (κ2) is 7.85. The summed E-state index contributed by atoms with van der Waals surface area (Å²) in [6, 6.07) is 14.3. The molecule has 0 saturated carbocycles. The minimum absolute atomic E-state index is 0.324. The van der Waals surface area contributed by atoms with E-state index in [9.17, 15) is 4.79 Å². The molecular formula is C20H20N4O2S. The van der Waals surface area contributed by atoms with Crippen molar-refractivity contribution in [1.82, 2.24) is 14.9 Å². The molecule has 3 heterocycles. The number of hydrogen-bond donors (Lipinski definition) is 1. The molecule has 2 aromatic heterocycles. The van der Waals surface area contributed by atoms with Gasteiger partial charge in [-0.2, -0.15) is 0 Å². The van der Waals surface area contributed by atoms with Crippen LogP contribution >= 0.6 is 11.3 Å². The van der Waals surface area contributed by atoms with Crippen LogP contribution in [0.15, 0.2) is 54.9 Å². The fourth-order valence-electron chi connectivity index (χ4n) is 3.39. The van der Waals surface area contributed by atoms with Gasteiger partial charge in [-0.15, -0.1) is 11.3 Å². The molecule has 1 aromatic carbocycles. The standard InChI is InChI=1S/C20H20N4O2S/c21-19(25)18-8-7-17(27-18)16-6-2-11-24(16)13-14-4-1-5-15(12-14)26-20-22-9-3-10-23-20/h1,3-5,7-10,12,16H,2,6,11,13H2,(H2,21,25)/t16-/m1/s1. The van der Waals surface area contributed by atoms with Gasteiger partial charge in [0.2, 0.25) is 0 Å². The fraction of sp³-hybridized carbons (Fsp3) is 0.250. The summed E-state index contributed by atoms with van der Waals surface area (Å²) < 4.78 is 5.73. The number of rotatable bonds is 6. The molecule has 1 amide bonds. The van der Waals surface area contributed by atoms with Gasteiger partial charge in [0.15, 0.2) is 0 Å². The lowest BCUT2D eigenvalue weighted by molar-refractivity contribution is 0.100. The number of ether oxygens (including phenoxy) is 1. The topological polar surface area (TPSA) is 81.3 Å². The van der Waals surface area contributed by atoms with Crippen LogP contribution in [0.4, 0.5) is 0 Å². The zero-order valence-electron chi connectivity index (χ0n) is 14.7. The highest BCUT2D eigenvalue weighted by atomic mass is 32.1. The molecule has 1 saturated heterocycles. The van der Waals surface area contributed by atoms with E-state index in [4.69, 9.17) is 10.5 Å². The van der Waals surface area contributed by atoms with E-state index in [0.29, 0.717) is 16.9 Å². The van der Waals surface area contributed by atoms with Crippen LogP contribution in [-0.4, -0.2) is 27.3 Å². The summed E-state index contributed by atoms with van der Waals surface area (Å²) in [6.07, 6.45) is 5.54. The number of amides is 1. The van der Waals surface area contributed by atoms with E-state index in [0.717, 1.165) is 31.7 Å². The average molecular weight is 380 g/mol. The normalized spacial score (nSPS) is 17.1. The Labute approximate surface area is 161 Å². The molecule has 27 heavy (non-hydrogen) atoms. The van der Waals surface area contributed by atoms with E-state index in [1.807, 2.05) is 30.3 Å². The average Bonchev–Trinajstić information content (AvgIpc) is 3.32. The second-order valence-electron chi connectivity index (χ2n) is 6.48. The number of hydrogen-bond acceptors (Lipinski definition) is 6. The lowest BCUT2D eigenvalue weighted by Gasteiger charge is -2.23. The summed E-state index contributed by atoms with van der Waals surface area (Å²) in [4.78, 5) is 23.8. The highest BCUT2D eigenvalue weighted by Gasteiger charge is 2.27. The summed E-state index contributed by atoms with van der Waals surface area (Å²) >= 11 is 1.50. The Balaban J connectivity index is 1.47. The van der Waals surface area contributed by atoms with Gasteiger partial charge in [-0.25, -0.2) is 9.97 Å². The maximum atomic E-state index is 11.4. The molecule has 0 bridgehead atoms. The monoisotopic (exact) mass is 380 g/mol. The number of nitrogens with zero attached hydrogens (tertiary/aromatic N) is 3. The molecular weight excluding hydrogens is 360 g/mol. The molecule has 7 heteroatoms. The van der Waals surface area contributed by atoms with Gasteiger partial charge in [0, 0.05) is 29.9 Å². The van der Waals surface area contributed by atoms with Crippen LogP contribution in [0.5, 0.6) is 11.8 Å². The molecule has 1 atom stereocenters. The van der Waals surface area contributed by atoms with Crippen LogP contribution < -0.4 is 10.5 Å². The maximum absolute atomic E-state index is 11.4. The minimum Gasteiger partial charge on any atom is -0.424 e. The van der Waals surface area contributed by atoms with Crippen molar-refractivity contribution in [3.8, 4) is 11.8 Å². The Hall–Kier alpha value is -2.77. The van der Waals surface area contributed by atoms with Crippen LogP contribution in [0.1, 0.15) is 39.0 Å². The van der Waals surface area contributed by atoms with Crippen molar-refractivity contribution in [2.24, 2.45) is 5.73 Å². The van der Waals surface area contributed by atoms with Crippen LogP contribution in [0.2, 0.25) is 0 Å². The third-order valence-corrected chi connectivity index (χ3v) is 5.80. The summed E-state index contributed by atoms with van der Waals surface area (Å²) in [5.41, 5.74) is 6.57. The molecule has 0 aliphatic carbocycles. The molecule has 0 unspecified atom stereocenters. The van der Waals surface area contributed by atoms with Gasteiger partial charge < -0.3 is 10.5 Å². The zero-order chi connectivity index (χ0) is 18.6. The number of primary amides is 1. The summed E-state index contributed by atoms with van der Waals surface area (Å²) in [7, 11) is 0. The van der Waals surface area contributed by atoms with Crippen LogP contribution in [0.3, 0.4) is 0 Å². The minimum atomic E-state index is -0.358. The van der Waals surface area contributed by atoms with Gasteiger partial charge in [0.1, 0.15) is 5.75 Å². The number of benzene rings is 1. The molecule has 1 fully saturated rings. The molecule has 1 aliphatic heterocycles. The number of aromatic nitrogens is 2. The van der Waals surface area contributed by atoms with Gasteiger partial charge in [0.05, 0.1) is 4.88 Å². The zero-order valence-corrected chi connectivity index (χ0v) is 15.6. The van der Waals surface area contributed by atoms with E-state index in [1.54, 1.807) is 18.5 Å². The van der Waals surface area contributed by atoms with E-state index in [2.05, 4.69) is 20.9 Å². The van der Waals surface area contributed by atoms with E-state index in [1.165, 1.54) is 21.8 Å². The lowest BCUT2D eigenvalue weighted by Crippen LogP contribution is -2.22. The van der Waals surface area contributed by atoms with Crippen molar-refractivity contribution in [2.75, 3.05) is 6.54 Å². The first-order valence-electron chi connectivity index (χ1n) is 8.86. The predicted molar refractivity (Wildman–Crippen MR) is 104 cm³/mol. The maximum Gasteiger partial charge on any atom is 0.321 e. The number of nitrogens with two attached hydrogens (primary N) is 1. The first kappa shape index (κ1) is 17.6. The molecule has 6 nitrogen and oxygen atoms in total. The molecule has 3 aromatic rings. The highest BCUT2D eigenvalue weighted by Crippen LogP contribution is 2.37.